The number of hydrogen-bond acceptors (Lipinski definition) is 4. The second-order valence-electron chi connectivity index (χ2n) is 7.42. The third kappa shape index (κ3) is 6.15. The number of amides is 1. The number of anilines is 2. The first-order valence-corrected chi connectivity index (χ1v) is 9.13. The van der Waals surface area contributed by atoms with Crippen LogP contribution in [0, 0.1) is 0 Å². The van der Waals surface area contributed by atoms with E-state index < -0.39 is 0 Å². The molecule has 1 amide bonds. The van der Waals surface area contributed by atoms with Crippen molar-refractivity contribution < 1.29 is 9.90 Å². The van der Waals surface area contributed by atoms with Gasteiger partial charge in [-0.2, -0.15) is 0 Å². The molecular weight excluding hydrogens is 326 g/mol. The van der Waals surface area contributed by atoms with Crippen molar-refractivity contribution in [1.82, 2.24) is 4.98 Å². The Morgan fingerprint density at radius 3 is 2.35 bits per heavy atom. The lowest BCUT2D eigenvalue weighted by atomic mass is 9.87. The number of benzene rings is 1. The van der Waals surface area contributed by atoms with Crippen LogP contribution in [0.4, 0.5) is 11.5 Å². The van der Waals surface area contributed by atoms with E-state index >= 15 is 0 Å². The fourth-order valence-corrected chi connectivity index (χ4v) is 2.53. The number of rotatable bonds is 8. The van der Waals surface area contributed by atoms with Crippen LogP contribution in [0.2, 0.25) is 0 Å². The molecule has 0 aliphatic heterocycles. The molecule has 0 saturated carbocycles. The highest BCUT2D eigenvalue weighted by Crippen LogP contribution is 2.22. The van der Waals surface area contributed by atoms with E-state index in [1.54, 1.807) is 6.20 Å². The van der Waals surface area contributed by atoms with Crippen molar-refractivity contribution in [2.45, 2.75) is 45.4 Å². The molecule has 3 N–H and O–H groups in total. The van der Waals surface area contributed by atoms with Crippen molar-refractivity contribution in [3.8, 4) is 0 Å². The highest BCUT2D eigenvalue weighted by molar-refractivity contribution is 6.04. The van der Waals surface area contributed by atoms with Gasteiger partial charge in [-0.25, -0.2) is 4.98 Å². The summed E-state index contributed by atoms with van der Waals surface area (Å²) in [5, 5.41) is 14.9. The summed E-state index contributed by atoms with van der Waals surface area (Å²) in [6, 6.07) is 11.4. The van der Waals surface area contributed by atoms with Gasteiger partial charge in [-0.05, 0) is 54.5 Å². The Hall–Kier alpha value is -2.40. The van der Waals surface area contributed by atoms with Crippen molar-refractivity contribution in [2.24, 2.45) is 0 Å². The number of aliphatic hydroxyl groups excluding tert-OH is 1. The van der Waals surface area contributed by atoms with Crippen LogP contribution in [0.25, 0.3) is 0 Å². The first-order chi connectivity index (χ1) is 12.4. The monoisotopic (exact) mass is 355 g/mol. The second kappa shape index (κ2) is 9.34. The molecule has 0 fully saturated rings. The first kappa shape index (κ1) is 19.9. The van der Waals surface area contributed by atoms with Crippen molar-refractivity contribution in [3.05, 3.63) is 53.7 Å². The number of nitrogens with one attached hydrogen (secondary N) is 2. The number of aromatic nitrogens is 1. The minimum absolute atomic E-state index is 0.0693. The average molecular weight is 355 g/mol. The van der Waals surface area contributed by atoms with Crippen LogP contribution in [0.5, 0.6) is 0 Å². The zero-order valence-electron chi connectivity index (χ0n) is 15.9. The van der Waals surface area contributed by atoms with Gasteiger partial charge in [-0.15, -0.1) is 0 Å². The number of unbranched alkanes of at least 4 members (excludes halogenated alkanes) is 2. The van der Waals surface area contributed by atoms with Gasteiger partial charge in [-0.1, -0.05) is 32.9 Å². The Balaban J connectivity index is 1.87. The summed E-state index contributed by atoms with van der Waals surface area (Å²) in [6.45, 7) is 7.51. The van der Waals surface area contributed by atoms with E-state index in [9.17, 15) is 4.79 Å². The van der Waals surface area contributed by atoms with Crippen LogP contribution in [0.15, 0.2) is 42.6 Å². The lowest BCUT2D eigenvalue weighted by molar-refractivity contribution is 0.102. The summed E-state index contributed by atoms with van der Waals surface area (Å²) >= 11 is 0. The zero-order chi connectivity index (χ0) is 19.0. The van der Waals surface area contributed by atoms with Crippen molar-refractivity contribution in [3.63, 3.8) is 0 Å². The van der Waals surface area contributed by atoms with Gasteiger partial charge in [0.25, 0.3) is 5.91 Å². The molecular formula is C21H29N3O2. The van der Waals surface area contributed by atoms with E-state index in [2.05, 4.69) is 36.4 Å². The van der Waals surface area contributed by atoms with Crippen LogP contribution >= 0.6 is 0 Å². The van der Waals surface area contributed by atoms with Gasteiger partial charge in [0.05, 0.1) is 11.9 Å². The smallest absolute Gasteiger partial charge is 0.255 e. The second-order valence-corrected chi connectivity index (χ2v) is 7.42. The predicted molar refractivity (Wildman–Crippen MR) is 107 cm³/mol. The van der Waals surface area contributed by atoms with Gasteiger partial charge in [-0.3, -0.25) is 4.79 Å². The number of carbonyl (C=O) groups is 1. The third-order valence-electron chi connectivity index (χ3n) is 4.18. The Bertz CT molecular complexity index is 689. The SMILES string of the molecule is CC(C)(C)c1ccc(C(=O)Nc2ccc(NCCCCCO)nc2)cc1. The molecule has 0 radical (unpaired) electrons. The van der Waals surface area contributed by atoms with Crippen molar-refractivity contribution in [1.29, 1.82) is 0 Å². The quantitative estimate of drug-likeness (QED) is 0.620. The molecule has 0 atom stereocenters. The zero-order valence-corrected chi connectivity index (χ0v) is 15.9. The van der Waals surface area contributed by atoms with Gasteiger partial charge in [0.2, 0.25) is 0 Å². The summed E-state index contributed by atoms with van der Waals surface area (Å²) in [7, 11) is 0. The average Bonchev–Trinajstić information content (AvgIpc) is 2.62. The molecule has 0 aliphatic carbocycles. The van der Waals surface area contributed by atoms with E-state index in [0.717, 1.165) is 31.6 Å². The molecule has 0 saturated heterocycles. The maximum atomic E-state index is 12.4. The van der Waals surface area contributed by atoms with E-state index in [0.29, 0.717) is 11.3 Å². The molecule has 1 heterocycles. The van der Waals surface area contributed by atoms with Gasteiger partial charge >= 0.3 is 0 Å². The van der Waals surface area contributed by atoms with E-state index in [1.165, 1.54) is 5.56 Å². The number of aliphatic hydroxyl groups is 1. The Morgan fingerprint density at radius 1 is 1.04 bits per heavy atom. The van der Waals surface area contributed by atoms with Crippen LogP contribution < -0.4 is 10.6 Å². The summed E-state index contributed by atoms with van der Waals surface area (Å²) in [6.07, 6.45) is 4.46. The van der Waals surface area contributed by atoms with E-state index in [-0.39, 0.29) is 17.9 Å². The van der Waals surface area contributed by atoms with E-state index in [1.807, 2.05) is 36.4 Å². The molecule has 26 heavy (non-hydrogen) atoms. The molecule has 1 aromatic carbocycles. The summed E-state index contributed by atoms with van der Waals surface area (Å²) < 4.78 is 0. The van der Waals surface area contributed by atoms with Crippen LogP contribution in [-0.2, 0) is 5.41 Å². The Labute approximate surface area is 155 Å². The molecule has 0 aliphatic rings. The standard InChI is InChI=1S/C21H29N3O2/c1-21(2,3)17-9-7-16(8-10-17)20(26)24-18-11-12-19(23-15-18)22-13-5-4-6-14-25/h7-12,15,25H,4-6,13-14H2,1-3H3,(H,22,23)(H,24,26). The molecule has 2 rings (SSSR count). The number of carbonyl (C=O) groups excluding carboxylic acids is 1. The van der Waals surface area contributed by atoms with Gasteiger partial charge in [0.1, 0.15) is 5.82 Å². The maximum absolute atomic E-state index is 12.4. The van der Waals surface area contributed by atoms with Crippen molar-refractivity contribution in [2.75, 3.05) is 23.8 Å². The molecule has 1 aromatic heterocycles. The number of pyridine rings is 1. The summed E-state index contributed by atoms with van der Waals surface area (Å²) in [5.41, 5.74) is 2.56. The van der Waals surface area contributed by atoms with Crippen LogP contribution in [-0.4, -0.2) is 29.1 Å². The summed E-state index contributed by atoms with van der Waals surface area (Å²) in [4.78, 5) is 16.7. The lowest BCUT2D eigenvalue weighted by Crippen LogP contribution is -2.14. The molecule has 5 heteroatoms. The molecule has 0 bridgehead atoms. The van der Waals surface area contributed by atoms with Gasteiger partial charge < -0.3 is 15.7 Å². The number of hydrogen-bond donors (Lipinski definition) is 3. The topological polar surface area (TPSA) is 74.2 Å². The maximum Gasteiger partial charge on any atom is 0.255 e. The third-order valence-corrected chi connectivity index (χ3v) is 4.18. The largest absolute Gasteiger partial charge is 0.396 e. The first-order valence-electron chi connectivity index (χ1n) is 9.13. The van der Waals surface area contributed by atoms with Crippen LogP contribution in [0.1, 0.15) is 56.0 Å². The normalized spacial score (nSPS) is 11.2. The van der Waals surface area contributed by atoms with Crippen molar-refractivity contribution >= 4 is 17.4 Å². The number of nitrogens with zero attached hydrogens (tertiary/aromatic N) is 1. The fourth-order valence-electron chi connectivity index (χ4n) is 2.53. The highest BCUT2D eigenvalue weighted by Gasteiger charge is 2.14. The lowest BCUT2D eigenvalue weighted by Gasteiger charge is -2.19. The minimum Gasteiger partial charge on any atom is -0.396 e. The molecule has 140 valence electrons. The molecule has 0 unspecified atom stereocenters. The molecule has 2 aromatic rings. The molecule has 0 spiro atoms. The fraction of sp³-hybridized carbons (Fsp3) is 0.429. The summed E-state index contributed by atoms with van der Waals surface area (Å²) in [5.74, 6) is 0.637. The predicted octanol–water partition coefficient (Wildman–Crippen LogP) is 4.21. The molecule has 5 nitrogen and oxygen atoms in total. The highest BCUT2D eigenvalue weighted by atomic mass is 16.2. The Morgan fingerprint density at radius 2 is 1.77 bits per heavy atom. The van der Waals surface area contributed by atoms with Gasteiger partial charge in [0.15, 0.2) is 0 Å². The van der Waals surface area contributed by atoms with Gasteiger partial charge in [0, 0.05) is 18.7 Å². The van der Waals surface area contributed by atoms with Crippen LogP contribution in [0.3, 0.4) is 0 Å². The Kier molecular flexibility index (Phi) is 7.16. The minimum atomic E-state index is -0.142. The van der Waals surface area contributed by atoms with E-state index in [4.69, 9.17) is 5.11 Å².